The van der Waals surface area contributed by atoms with Gasteiger partial charge < -0.3 is 4.74 Å². The summed E-state index contributed by atoms with van der Waals surface area (Å²) < 4.78 is 40.9. The van der Waals surface area contributed by atoms with Crippen LogP contribution in [0.25, 0.3) is 0 Å². The highest BCUT2D eigenvalue weighted by Gasteiger charge is 2.43. The first-order valence-electron chi connectivity index (χ1n) is 3.42. The molecule has 1 rings (SSSR count). The third kappa shape index (κ3) is 2.38. The zero-order chi connectivity index (χ0) is 9.90. The molecule has 1 unspecified atom stereocenters. The molecule has 0 radical (unpaired) electrons. The van der Waals surface area contributed by atoms with Gasteiger partial charge in [-0.25, -0.2) is 9.97 Å². The Morgan fingerprint density at radius 2 is 1.85 bits per heavy atom. The molecule has 0 aliphatic carbocycles. The monoisotopic (exact) mass is 192 g/mol. The van der Waals surface area contributed by atoms with Gasteiger partial charge in [-0.1, -0.05) is 0 Å². The van der Waals surface area contributed by atoms with Crippen molar-refractivity contribution in [2.75, 3.05) is 7.11 Å². The lowest BCUT2D eigenvalue weighted by molar-refractivity contribution is -0.218. The summed E-state index contributed by atoms with van der Waals surface area (Å²) in [6.45, 7) is 0. The Morgan fingerprint density at radius 1 is 1.31 bits per heavy atom. The second-order valence-corrected chi connectivity index (χ2v) is 2.26. The van der Waals surface area contributed by atoms with Crippen molar-refractivity contribution in [2.24, 2.45) is 0 Å². The number of alkyl halides is 3. The zero-order valence-electron chi connectivity index (χ0n) is 6.75. The SMILES string of the molecule is COC(c1ncccn1)C(F)(F)F. The van der Waals surface area contributed by atoms with E-state index in [9.17, 15) is 13.2 Å². The van der Waals surface area contributed by atoms with E-state index in [1.165, 1.54) is 18.5 Å². The molecule has 1 aromatic rings. The van der Waals surface area contributed by atoms with Crippen LogP contribution in [0.15, 0.2) is 18.5 Å². The Labute approximate surface area is 72.6 Å². The predicted molar refractivity (Wildman–Crippen MR) is 37.8 cm³/mol. The molecule has 0 aromatic carbocycles. The van der Waals surface area contributed by atoms with Crippen molar-refractivity contribution in [3.8, 4) is 0 Å². The molecule has 13 heavy (non-hydrogen) atoms. The molecule has 1 heterocycles. The second kappa shape index (κ2) is 3.69. The molecule has 1 atom stereocenters. The van der Waals surface area contributed by atoms with Crippen molar-refractivity contribution in [3.05, 3.63) is 24.3 Å². The van der Waals surface area contributed by atoms with Crippen molar-refractivity contribution in [1.29, 1.82) is 0 Å². The maximum absolute atomic E-state index is 12.2. The average molecular weight is 192 g/mol. The maximum Gasteiger partial charge on any atom is 0.422 e. The van der Waals surface area contributed by atoms with Crippen LogP contribution in [0.5, 0.6) is 0 Å². The fourth-order valence-corrected chi connectivity index (χ4v) is 0.831. The van der Waals surface area contributed by atoms with Gasteiger partial charge in [0.15, 0.2) is 5.82 Å². The van der Waals surface area contributed by atoms with Gasteiger partial charge in [0, 0.05) is 19.5 Å². The number of aromatic nitrogens is 2. The minimum Gasteiger partial charge on any atom is -0.365 e. The molecule has 0 aliphatic heterocycles. The molecule has 0 fully saturated rings. The summed E-state index contributed by atoms with van der Waals surface area (Å²) in [5, 5.41) is 0. The molecular weight excluding hydrogens is 185 g/mol. The summed E-state index contributed by atoms with van der Waals surface area (Å²) in [4.78, 5) is 6.92. The molecule has 72 valence electrons. The number of halogens is 3. The van der Waals surface area contributed by atoms with Gasteiger partial charge in [0.05, 0.1) is 0 Å². The van der Waals surface area contributed by atoms with Gasteiger partial charge >= 0.3 is 6.18 Å². The van der Waals surface area contributed by atoms with Gasteiger partial charge in [-0.05, 0) is 6.07 Å². The van der Waals surface area contributed by atoms with Crippen molar-refractivity contribution in [1.82, 2.24) is 9.97 Å². The van der Waals surface area contributed by atoms with E-state index in [0.29, 0.717) is 0 Å². The van der Waals surface area contributed by atoms with Gasteiger partial charge in [0.2, 0.25) is 6.10 Å². The lowest BCUT2D eigenvalue weighted by atomic mass is 10.3. The molecule has 6 heteroatoms. The molecule has 0 amide bonds. The fraction of sp³-hybridized carbons (Fsp3) is 0.429. The smallest absolute Gasteiger partial charge is 0.365 e. The first kappa shape index (κ1) is 9.91. The van der Waals surface area contributed by atoms with E-state index in [1.54, 1.807) is 0 Å². The topological polar surface area (TPSA) is 35.0 Å². The minimum absolute atomic E-state index is 0.377. The largest absolute Gasteiger partial charge is 0.422 e. The van der Waals surface area contributed by atoms with E-state index in [1.807, 2.05) is 0 Å². The second-order valence-electron chi connectivity index (χ2n) is 2.26. The molecule has 0 saturated heterocycles. The lowest BCUT2D eigenvalue weighted by Crippen LogP contribution is -2.24. The fourth-order valence-electron chi connectivity index (χ4n) is 0.831. The van der Waals surface area contributed by atoms with Gasteiger partial charge in [0.1, 0.15) is 0 Å². The van der Waals surface area contributed by atoms with Crippen molar-refractivity contribution in [2.45, 2.75) is 12.3 Å². The number of hydrogen-bond donors (Lipinski definition) is 0. The average Bonchev–Trinajstić information content (AvgIpc) is 2.05. The normalized spacial score (nSPS) is 14.2. The van der Waals surface area contributed by atoms with Crippen LogP contribution in [-0.2, 0) is 4.74 Å². The third-order valence-corrected chi connectivity index (χ3v) is 1.35. The Kier molecular flexibility index (Phi) is 2.82. The quantitative estimate of drug-likeness (QED) is 0.715. The third-order valence-electron chi connectivity index (χ3n) is 1.35. The Morgan fingerprint density at radius 3 is 2.23 bits per heavy atom. The van der Waals surface area contributed by atoms with Crippen LogP contribution in [0.3, 0.4) is 0 Å². The summed E-state index contributed by atoms with van der Waals surface area (Å²) in [6, 6.07) is 1.44. The predicted octanol–water partition coefficient (Wildman–Crippen LogP) is 1.73. The molecule has 0 saturated carbocycles. The number of nitrogens with zero attached hydrogens (tertiary/aromatic N) is 2. The highest BCUT2D eigenvalue weighted by molar-refractivity contribution is 4.95. The van der Waals surface area contributed by atoms with E-state index in [-0.39, 0.29) is 5.82 Å². The number of ether oxygens (including phenoxy) is 1. The van der Waals surface area contributed by atoms with E-state index < -0.39 is 12.3 Å². The van der Waals surface area contributed by atoms with Crippen molar-refractivity contribution < 1.29 is 17.9 Å². The standard InChI is InChI=1S/C7H7F3N2O/c1-13-5(7(8,9)10)6-11-3-2-4-12-6/h2-5H,1H3. The molecule has 0 N–H and O–H groups in total. The van der Waals surface area contributed by atoms with E-state index in [2.05, 4.69) is 14.7 Å². The van der Waals surface area contributed by atoms with E-state index in [4.69, 9.17) is 0 Å². The first-order valence-corrected chi connectivity index (χ1v) is 3.42. The Balaban J connectivity index is 2.92. The van der Waals surface area contributed by atoms with Crippen LogP contribution in [0.2, 0.25) is 0 Å². The Bertz CT molecular complexity index is 262. The Hall–Kier alpha value is -1.17. The zero-order valence-corrected chi connectivity index (χ0v) is 6.75. The van der Waals surface area contributed by atoms with Crippen LogP contribution in [0, 0.1) is 0 Å². The van der Waals surface area contributed by atoms with Gasteiger partial charge in [0.25, 0.3) is 0 Å². The molecule has 1 aromatic heterocycles. The molecule has 0 bridgehead atoms. The molecule has 0 spiro atoms. The van der Waals surface area contributed by atoms with E-state index in [0.717, 1.165) is 7.11 Å². The molecule has 0 aliphatic rings. The molecular formula is C7H7F3N2O. The summed E-state index contributed by atoms with van der Waals surface area (Å²) in [6.07, 6.45) is -4.05. The van der Waals surface area contributed by atoms with Gasteiger partial charge in [-0.3, -0.25) is 0 Å². The first-order chi connectivity index (χ1) is 6.05. The van der Waals surface area contributed by atoms with Crippen LogP contribution >= 0.6 is 0 Å². The van der Waals surface area contributed by atoms with Gasteiger partial charge in [-0.2, -0.15) is 13.2 Å². The number of methoxy groups -OCH3 is 1. The van der Waals surface area contributed by atoms with E-state index >= 15 is 0 Å². The van der Waals surface area contributed by atoms with Crippen molar-refractivity contribution in [3.63, 3.8) is 0 Å². The number of rotatable bonds is 2. The summed E-state index contributed by atoms with van der Waals surface area (Å²) in [5.41, 5.74) is 0. The van der Waals surface area contributed by atoms with Crippen molar-refractivity contribution >= 4 is 0 Å². The summed E-state index contributed by atoms with van der Waals surface area (Å²) in [5.74, 6) is -0.377. The van der Waals surface area contributed by atoms with Crippen LogP contribution in [0.1, 0.15) is 11.9 Å². The van der Waals surface area contributed by atoms with Crippen LogP contribution in [-0.4, -0.2) is 23.3 Å². The maximum atomic E-state index is 12.2. The molecule has 3 nitrogen and oxygen atoms in total. The highest BCUT2D eigenvalue weighted by Crippen LogP contribution is 2.32. The number of hydrogen-bond acceptors (Lipinski definition) is 3. The van der Waals surface area contributed by atoms with Crippen LogP contribution in [0.4, 0.5) is 13.2 Å². The van der Waals surface area contributed by atoms with Crippen LogP contribution < -0.4 is 0 Å². The summed E-state index contributed by atoms with van der Waals surface area (Å²) in [7, 11) is 0.967. The minimum atomic E-state index is -4.48. The lowest BCUT2D eigenvalue weighted by Gasteiger charge is -2.16. The van der Waals surface area contributed by atoms with Gasteiger partial charge in [-0.15, -0.1) is 0 Å². The summed E-state index contributed by atoms with van der Waals surface area (Å²) >= 11 is 0. The highest BCUT2D eigenvalue weighted by atomic mass is 19.4.